The lowest BCUT2D eigenvalue weighted by Crippen LogP contribution is -2.29. The van der Waals surface area contributed by atoms with Gasteiger partial charge in [-0.1, -0.05) is 23.2 Å². The molecule has 0 saturated carbocycles. The molecular formula is C18H17Cl2N5O. The predicted octanol–water partition coefficient (Wildman–Crippen LogP) is 3.72. The van der Waals surface area contributed by atoms with Crippen molar-refractivity contribution in [2.24, 2.45) is 0 Å². The number of rotatable bonds is 6. The fourth-order valence-electron chi connectivity index (χ4n) is 2.40. The molecule has 0 aliphatic heterocycles. The Kier molecular flexibility index (Phi) is 5.75. The van der Waals surface area contributed by atoms with E-state index in [2.05, 4.69) is 20.6 Å². The smallest absolute Gasteiger partial charge is 0.252 e. The van der Waals surface area contributed by atoms with Gasteiger partial charge >= 0.3 is 0 Å². The molecule has 134 valence electrons. The number of hydrogen-bond donors (Lipinski definition) is 2. The van der Waals surface area contributed by atoms with E-state index in [1.807, 2.05) is 42.1 Å². The first kappa shape index (κ1) is 18.2. The minimum atomic E-state index is -0.250. The zero-order valence-electron chi connectivity index (χ0n) is 14.0. The molecule has 0 aliphatic rings. The van der Waals surface area contributed by atoms with E-state index >= 15 is 0 Å². The molecule has 2 aromatic heterocycles. The number of carbonyl (C=O) groups is 1. The van der Waals surface area contributed by atoms with Crippen molar-refractivity contribution >= 4 is 34.9 Å². The fourth-order valence-corrected chi connectivity index (χ4v) is 2.89. The van der Waals surface area contributed by atoms with E-state index in [1.165, 1.54) is 0 Å². The highest BCUT2D eigenvalue weighted by Gasteiger charge is 2.10. The minimum absolute atomic E-state index is 0.250. The van der Waals surface area contributed by atoms with Crippen LogP contribution in [-0.4, -0.2) is 33.5 Å². The van der Waals surface area contributed by atoms with E-state index < -0.39 is 0 Å². The maximum absolute atomic E-state index is 12.2. The third kappa shape index (κ3) is 4.53. The van der Waals surface area contributed by atoms with Gasteiger partial charge in [-0.2, -0.15) is 0 Å². The van der Waals surface area contributed by atoms with Crippen molar-refractivity contribution in [3.8, 4) is 5.82 Å². The number of hydrogen-bond acceptors (Lipinski definition) is 4. The van der Waals surface area contributed by atoms with E-state index in [0.717, 1.165) is 5.82 Å². The standard InChI is InChI=1S/C18H17Cl2N5O/c1-12-23-16(11-17(24-12)25-8-2-3-9-25)21-6-7-22-18(26)14-5-4-13(19)10-15(14)20/h2-5,8-11H,6-7H2,1H3,(H,22,26)(H,21,23,24). The molecule has 0 radical (unpaired) electrons. The molecule has 1 amide bonds. The van der Waals surface area contributed by atoms with Crippen LogP contribution in [-0.2, 0) is 0 Å². The number of anilines is 1. The topological polar surface area (TPSA) is 71.8 Å². The van der Waals surface area contributed by atoms with Gasteiger partial charge in [0.1, 0.15) is 17.5 Å². The highest BCUT2D eigenvalue weighted by molar-refractivity contribution is 6.36. The van der Waals surface area contributed by atoms with Crippen molar-refractivity contribution < 1.29 is 4.79 Å². The second kappa shape index (κ2) is 8.21. The Morgan fingerprint density at radius 2 is 1.88 bits per heavy atom. The van der Waals surface area contributed by atoms with Crippen LogP contribution < -0.4 is 10.6 Å². The monoisotopic (exact) mass is 389 g/mol. The van der Waals surface area contributed by atoms with Crippen LogP contribution >= 0.6 is 23.2 Å². The van der Waals surface area contributed by atoms with Crippen LogP contribution in [0.4, 0.5) is 5.82 Å². The van der Waals surface area contributed by atoms with Gasteiger partial charge in [0, 0.05) is 36.6 Å². The van der Waals surface area contributed by atoms with E-state index in [-0.39, 0.29) is 5.91 Å². The first-order valence-corrected chi connectivity index (χ1v) is 8.74. The molecule has 0 saturated heterocycles. The van der Waals surface area contributed by atoms with Crippen molar-refractivity contribution in [1.82, 2.24) is 19.9 Å². The zero-order chi connectivity index (χ0) is 18.5. The van der Waals surface area contributed by atoms with Gasteiger partial charge in [-0.05, 0) is 37.3 Å². The Morgan fingerprint density at radius 1 is 1.12 bits per heavy atom. The largest absolute Gasteiger partial charge is 0.368 e. The molecular weight excluding hydrogens is 373 g/mol. The second-order valence-corrected chi connectivity index (χ2v) is 6.40. The SMILES string of the molecule is Cc1nc(NCCNC(=O)c2ccc(Cl)cc2Cl)cc(-n2cccc2)n1. The molecule has 6 nitrogen and oxygen atoms in total. The van der Waals surface area contributed by atoms with Crippen molar-refractivity contribution in [1.29, 1.82) is 0 Å². The third-order valence-corrected chi connectivity index (χ3v) is 4.13. The highest BCUT2D eigenvalue weighted by Crippen LogP contribution is 2.20. The number of carbonyl (C=O) groups excluding carboxylic acids is 1. The van der Waals surface area contributed by atoms with Crippen LogP contribution in [0.5, 0.6) is 0 Å². The number of aryl methyl sites for hydroxylation is 1. The summed E-state index contributed by atoms with van der Waals surface area (Å²) < 4.78 is 1.91. The molecule has 8 heteroatoms. The number of nitrogens with one attached hydrogen (secondary N) is 2. The van der Waals surface area contributed by atoms with Crippen LogP contribution in [0.25, 0.3) is 5.82 Å². The number of benzene rings is 1. The molecule has 0 spiro atoms. The molecule has 0 atom stereocenters. The fraction of sp³-hybridized carbons (Fsp3) is 0.167. The summed E-state index contributed by atoms with van der Waals surface area (Å²) in [6.45, 7) is 2.76. The van der Waals surface area contributed by atoms with Gasteiger partial charge in [0.2, 0.25) is 0 Å². The van der Waals surface area contributed by atoms with Gasteiger partial charge in [-0.3, -0.25) is 4.79 Å². The number of aromatic nitrogens is 3. The Balaban J connectivity index is 1.56. The molecule has 0 unspecified atom stereocenters. The molecule has 2 heterocycles. The molecule has 1 aromatic carbocycles. The number of amides is 1. The second-order valence-electron chi connectivity index (χ2n) is 5.56. The quantitative estimate of drug-likeness (QED) is 0.630. The molecule has 2 N–H and O–H groups in total. The van der Waals surface area contributed by atoms with Gasteiger partial charge in [-0.25, -0.2) is 9.97 Å². The summed E-state index contributed by atoms with van der Waals surface area (Å²) in [5.74, 6) is 1.89. The lowest BCUT2D eigenvalue weighted by molar-refractivity contribution is 0.0955. The van der Waals surface area contributed by atoms with Gasteiger partial charge in [0.15, 0.2) is 0 Å². The summed E-state index contributed by atoms with van der Waals surface area (Å²) >= 11 is 11.9. The summed E-state index contributed by atoms with van der Waals surface area (Å²) in [5, 5.41) is 6.81. The van der Waals surface area contributed by atoms with E-state index in [4.69, 9.17) is 23.2 Å². The molecule has 0 bridgehead atoms. The van der Waals surface area contributed by atoms with Crippen molar-refractivity contribution in [2.45, 2.75) is 6.92 Å². The summed E-state index contributed by atoms with van der Waals surface area (Å²) in [7, 11) is 0. The zero-order valence-corrected chi connectivity index (χ0v) is 15.6. The predicted molar refractivity (Wildman–Crippen MR) is 103 cm³/mol. The molecule has 26 heavy (non-hydrogen) atoms. The summed E-state index contributed by atoms with van der Waals surface area (Å²) in [5.41, 5.74) is 0.392. The van der Waals surface area contributed by atoms with E-state index in [0.29, 0.717) is 40.3 Å². The van der Waals surface area contributed by atoms with Gasteiger partial charge in [0.25, 0.3) is 5.91 Å². The average Bonchev–Trinajstić information content (AvgIpc) is 3.13. The first-order valence-electron chi connectivity index (χ1n) is 7.99. The van der Waals surface area contributed by atoms with Crippen LogP contribution in [0.2, 0.25) is 10.0 Å². The lowest BCUT2D eigenvalue weighted by atomic mass is 10.2. The maximum Gasteiger partial charge on any atom is 0.252 e. The van der Waals surface area contributed by atoms with Gasteiger partial charge < -0.3 is 15.2 Å². The van der Waals surface area contributed by atoms with Gasteiger partial charge in [-0.15, -0.1) is 0 Å². The normalized spacial score (nSPS) is 10.6. The van der Waals surface area contributed by atoms with E-state index in [1.54, 1.807) is 18.2 Å². The Morgan fingerprint density at radius 3 is 2.62 bits per heavy atom. The van der Waals surface area contributed by atoms with Crippen molar-refractivity contribution in [3.63, 3.8) is 0 Å². The Hall–Kier alpha value is -2.57. The van der Waals surface area contributed by atoms with Crippen LogP contribution in [0.15, 0.2) is 48.8 Å². The van der Waals surface area contributed by atoms with Crippen LogP contribution in [0.3, 0.4) is 0 Å². The van der Waals surface area contributed by atoms with E-state index in [9.17, 15) is 4.79 Å². The first-order chi connectivity index (χ1) is 12.5. The number of halogens is 2. The molecule has 0 aliphatic carbocycles. The lowest BCUT2D eigenvalue weighted by Gasteiger charge is -2.10. The highest BCUT2D eigenvalue weighted by atomic mass is 35.5. The minimum Gasteiger partial charge on any atom is -0.368 e. The molecule has 3 aromatic rings. The average molecular weight is 390 g/mol. The summed E-state index contributed by atoms with van der Waals surface area (Å²) in [6, 6.07) is 10.5. The molecule has 3 rings (SSSR count). The van der Waals surface area contributed by atoms with Crippen molar-refractivity contribution in [2.75, 3.05) is 18.4 Å². The third-order valence-electron chi connectivity index (χ3n) is 3.59. The maximum atomic E-state index is 12.2. The number of nitrogens with zero attached hydrogens (tertiary/aromatic N) is 3. The van der Waals surface area contributed by atoms with Crippen LogP contribution in [0, 0.1) is 6.92 Å². The summed E-state index contributed by atoms with van der Waals surface area (Å²) in [4.78, 5) is 20.9. The summed E-state index contributed by atoms with van der Waals surface area (Å²) in [6.07, 6.45) is 3.84. The Labute approximate surface area is 161 Å². The van der Waals surface area contributed by atoms with Gasteiger partial charge in [0.05, 0.1) is 10.6 Å². The molecule has 0 fully saturated rings. The van der Waals surface area contributed by atoms with Crippen molar-refractivity contribution in [3.05, 3.63) is 70.2 Å². The Bertz CT molecular complexity index is 912. The van der Waals surface area contributed by atoms with Crippen LogP contribution in [0.1, 0.15) is 16.2 Å².